The van der Waals surface area contributed by atoms with E-state index in [-0.39, 0.29) is 17.2 Å². The number of nitrogen functional groups attached to an aromatic ring is 1. The molecular formula is C6H5N3O3. The SMILES string of the molecule is Nc1n[nH]c2cc(C(=O)O)oc12. The highest BCUT2D eigenvalue weighted by Gasteiger charge is 2.13. The van der Waals surface area contributed by atoms with Crippen LogP contribution in [0, 0.1) is 0 Å². The minimum Gasteiger partial charge on any atom is -0.475 e. The van der Waals surface area contributed by atoms with E-state index in [9.17, 15) is 4.79 Å². The Balaban J connectivity index is 2.70. The molecule has 0 bridgehead atoms. The number of fused-ring (bicyclic) bond motifs is 1. The van der Waals surface area contributed by atoms with Crippen LogP contribution in [0.1, 0.15) is 10.6 Å². The van der Waals surface area contributed by atoms with E-state index in [4.69, 9.17) is 15.3 Å². The Kier molecular flexibility index (Phi) is 1.12. The molecule has 2 aromatic heterocycles. The van der Waals surface area contributed by atoms with Crippen molar-refractivity contribution in [3.8, 4) is 0 Å². The van der Waals surface area contributed by atoms with Gasteiger partial charge in [-0.05, 0) is 0 Å². The van der Waals surface area contributed by atoms with Crippen molar-refractivity contribution in [2.24, 2.45) is 0 Å². The molecule has 0 aliphatic rings. The van der Waals surface area contributed by atoms with Crippen LogP contribution >= 0.6 is 0 Å². The Morgan fingerprint density at radius 3 is 3.08 bits per heavy atom. The van der Waals surface area contributed by atoms with Crippen molar-refractivity contribution >= 4 is 22.9 Å². The largest absolute Gasteiger partial charge is 0.475 e. The van der Waals surface area contributed by atoms with Crippen LogP contribution in [0.3, 0.4) is 0 Å². The van der Waals surface area contributed by atoms with Gasteiger partial charge in [-0.15, -0.1) is 0 Å². The second-order valence-corrected chi connectivity index (χ2v) is 2.27. The number of aromatic amines is 1. The lowest BCUT2D eigenvalue weighted by Crippen LogP contribution is -1.92. The average Bonchev–Trinajstić information content (AvgIpc) is 2.53. The van der Waals surface area contributed by atoms with E-state index in [1.54, 1.807) is 0 Å². The highest BCUT2D eigenvalue weighted by Crippen LogP contribution is 2.21. The number of H-pyrrole nitrogens is 1. The van der Waals surface area contributed by atoms with Crippen LogP contribution in [0.15, 0.2) is 10.5 Å². The quantitative estimate of drug-likeness (QED) is 0.571. The van der Waals surface area contributed by atoms with Crippen molar-refractivity contribution in [1.82, 2.24) is 10.2 Å². The summed E-state index contributed by atoms with van der Waals surface area (Å²) in [6.45, 7) is 0. The predicted octanol–water partition coefficient (Wildman–Crippen LogP) is 0.436. The van der Waals surface area contributed by atoms with Crippen molar-refractivity contribution in [3.63, 3.8) is 0 Å². The number of hydrogen-bond donors (Lipinski definition) is 3. The Morgan fingerprint density at radius 1 is 1.75 bits per heavy atom. The standard InChI is InChI=1S/C6H5N3O3/c7-5-4-2(8-9-5)1-3(12-4)6(10)11/h1H,(H,10,11)(H3,7,8,9). The van der Waals surface area contributed by atoms with Crippen molar-refractivity contribution in [2.45, 2.75) is 0 Å². The molecule has 0 aromatic carbocycles. The van der Waals surface area contributed by atoms with Crippen LogP contribution in [0.25, 0.3) is 11.1 Å². The van der Waals surface area contributed by atoms with E-state index < -0.39 is 5.97 Å². The highest BCUT2D eigenvalue weighted by molar-refractivity contribution is 5.92. The fourth-order valence-corrected chi connectivity index (χ4v) is 0.941. The molecule has 0 unspecified atom stereocenters. The lowest BCUT2D eigenvalue weighted by molar-refractivity contribution is 0.0665. The highest BCUT2D eigenvalue weighted by atomic mass is 16.4. The van der Waals surface area contributed by atoms with Crippen LogP contribution in [0.4, 0.5) is 5.82 Å². The van der Waals surface area contributed by atoms with E-state index in [2.05, 4.69) is 10.2 Å². The molecule has 0 spiro atoms. The molecule has 0 aliphatic carbocycles. The van der Waals surface area contributed by atoms with Crippen LogP contribution in [0.2, 0.25) is 0 Å². The summed E-state index contributed by atoms with van der Waals surface area (Å²) in [7, 11) is 0. The van der Waals surface area contributed by atoms with E-state index in [1.807, 2.05) is 0 Å². The first kappa shape index (κ1) is 6.71. The van der Waals surface area contributed by atoms with Gasteiger partial charge in [-0.3, -0.25) is 5.10 Å². The summed E-state index contributed by atoms with van der Waals surface area (Å²) in [5, 5.41) is 14.7. The minimum atomic E-state index is -1.13. The normalized spacial score (nSPS) is 10.7. The Morgan fingerprint density at radius 2 is 2.50 bits per heavy atom. The Bertz CT molecular complexity index is 442. The predicted molar refractivity (Wildman–Crippen MR) is 39.7 cm³/mol. The molecule has 0 atom stereocenters. The van der Waals surface area contributed by atoms with Crippen LogP contribution in [-0.2, 0) is 0 Å². The fourth-order valence-electron chi connectivity index (χ4n) is 0.941. The molecule has 12 heavy (non-hydrogen) atoms. The summed E-state index contributed by atoms with van der Waals surface area (Å²) in [6, 6.07) is 1.33. The molecule has 0 saturated heterocycles. The maximum atomic E-state index is 10.4. The van der Waals surface area contributed by atoms with Crippen LogP contribution in [-0.4, -0.2) is 21.3 Å². The summed E-state index contributed by atoms with van der Waals surface area (Å²) in [5.74, 6) is -1.11. The van der Waals surface area contributed by atoms with Gasteiger partial charge in [0.1, 0.15) is 5.52 Å². The number of aromatic carboxylic acids is 1. The number of nitrogens with two attached hydrogens (primary N) is 1. The molecule has 2 rings (SSSR count). The van der Waals surface area contributed by atoms with E-state index >= 15 is 0 Å². The van der Waals surface area contributed by atoms with E-state index in [1.165, 1.54) is 6.07 Å². The zero-order valence-electron chi connectivity index (χ0n) is 5.87. The first-order valence-corrected chi connectivity index (χ1v) is 3.15. The smallest absolute Gasteiger partial charge is 0.371 e. The van der Waals surface area contributed by atoms with Gasteiger partial charge in [-0.2, -0.15) is 5.10 Å². The molecule has 62 valence electrons. The molecule has 4 N–H and O–H groups in total. The lowest BCUT2D eigenvalue weighted by atomic mass is 10.4. The molecular weight excluding hydrogens is 162 g/mol. The van der Waals surface area contributed by atoms with Gasteiger partial charge in [0.25, 0.3) is 0 Å². The molecule has 6 heteroatoms. The first-order valence-electron chi connectivity index (χ1n) is 3.15. The molecule has 0 fully saturated rings. The number of carbonyl (C=O) groups is 1. The molecule has 0 amide bonds. The summed E-state index contributed by atoms with van der Waals surface area (Å²) in [5.41, 5.74) is 6.14. The lowest BCUT2D eigenvalue weighted by Gasteiger charge is -1.83. The van der Waals surface area contributed by atoms with Gasteiger partial charge in [-0.25, -0.2) is 4.79 Å². The molecule has 0 aliphatic heterocycles. The Labute approximate surface area is 66.0 Å². The minimum absolute atomic E-state index is 0.148. The summed E-state index contributed by atoms with van der Waals surface area (Å²) in [4.78, 5) is 10.4. The fraction of sp³-hybridized carbons (Fsp3) is 0. The monoisotopic (exact) mass is 167 g/mol. The summed E-state index contributed by atoms with van der Waals surface area (Å²) >= 11 is 0. The van der Waals surface area contributed by atoms with Crippen molar-refractivity contribution in [2.75, 3.05) is 5.73 Å². The number of anilines is 1. The number of furan rings is 1. The number of aromatic nitrogens is 2. The second-order valence-electron chi connectivity index (χ2n) is 2.27. The molecule has 0 saturated carbocycles. The zero-order valence-corrected chi connectivity index (χ0v) is 5.87. The van der Waals surface area contributed by atoms with Gasteiger partial charge in [-0.1, -0.05) is 0 Å². The number of hydrogen-bond acceptors (Lipinski definition) is 4. The first-order chi connectivity index (χ1) is 5.68. The van der Waals surface area contributed by atoms with Crippen LogP contribution < -0.4 is 5.73 Å². The maximum Gasteiger partial charge on any atom is 0.371 e. The van der Waals surface area contributed by atoms with Gasteiger partial charge in [0, 0.05) is 6.07 Å². The number of carboxylic acids is 1. The van der Waals surface area contributed by atoms with Crippen molar-refractivity contribution in [1.29, 1.82) is 0 Å². The van der Waals surface area contributed by atoms with Gasteiger partial charge in [0.15, 0.2) is 11.4 Å². The zero-order chi connectivity index (χ0) is 8.72. The van der Waals surface area contributed by atoms with Gasteiger partial charge in [0.2, 0.25) is 5.76 Å². The van der Waals surface area contributed by atoms with Crippen LogP contribution in [0.5, 0.6) is 0 Å². The van der Waals surface area contributed by atoms with Crippen molar-refractivity contribution in [3.05, 3.63) is 11.8 Å². The Hall–Kier alpha value is -1.98. The summed E-state index contributed by atoms with van der Waals surface area (Å²) in [6.07, 6.45) is 0. The average molecular weight is 167 g/mol. The van der Waals surface area contributed by atoms with Gasteiger partial charge >= 0.3 is 5.97 Å². The summed E-state index contributed by atoms with van der Waals surface area (Å²) < 4.78 is 4.88. The van der Waals surface area contributed by atoms with E-state index in [0.29, 0.717) is 5.52 Å². The molecule has 2 heterocycles. The third kappa shape index (κ3) is 0.746. The maximum absolute atomic E-state index is 10.4. The molecule has 6 nitrogen and oxygen atoms in total. The number of rotatable bonds is 1. The molecule has 2 aromatic rings. The number of nitrogens with one attached hydrogen (secondary N) is 1. The number of nitrogens with zero attached hydrogens (tertiary/aromatic N) is 1. The van der Waals surface area contributed by atoms with Gasteiger partial charge in [0.05, 0.1) is 0 Å². The third-order valence-electron chi connectivity index (χ3n) is 1.47. The van der Waals surface area contributed by atoms with Crippen molar-refractivity contribution < 1.29 is 14.3 Å². The second kappa shape index (κ2) is 2.00. The third-order valence-corrected chi connectivity index (χ3v) is 1.47. The number of carboxylic acid groups (broad SMARTS) is 1. The molecule has 0 radical (unpaired) electrons. The topological polar surface area (TPSA) is 105 Å². The van der Waals surface area contributed by atoms with E-state index in [0.717, 1.165) is 0 Å². The van der Waals surface area contributed by atoms with Gasteiger partial charge < -0.3 is 15.3 Å².